The molecule has 0 spiro atoms. The summed E-state index contributed by atoms with van der Waals surface area (Å²) in [6.07, 6.45) is 7.37. The molecule has 1 unspecified atom stereocenters. The topological polar surface area (TPSA) is 96.1 Å². The van der Waals surface area contributed by atoms with Crippen LogP contribution in [0.3, 0.4) is 0 Å². The number of amides is 1. The van der Waals surface area contributed by atoms with E-state index in [2.05, 4.69) is 25.2 Å². The number of benzene rings is 1. The van der Waals surface area contributed by atoms with Gasteiger partial charge in [0.2, 0.25) is 12.7 Å². The van der Waals surface area contributed by atoms with Gasteiger partial charge in [-0.2, -0.15) is 5.10 Å². The predicted octanol–water partition coefficient (Wildman–Crippen LogP) is 1.86. The van der Waals surface area contributed by atoms with Crippen LogP contribution >= 0.6 is 0 Å². The van der Waals surface area contributed by atoms with E-state index in [-0.39, 0.29) is 18.7 Å². The summed E-state index contributed by atoms with van der Waals surface area (Å²) in [6, 6.07) is 5.97. The molecule has 1 aromatic carbocycles. The molecule has 2 aromatic heterocycles. The van der Waals surface area contributed by atoms with Crippen LogP contribution in [-0.4, -0.2) is 43.3 Å². The van der Waals surface area contributed by atoms with Crippen LogP contribution in [0.15, 0.2) is 30.6 Å². The molecular weight excluding hydrogens is 384 g/mol. The zero-order chi connectivity index (χ0) is 20.5. The summed E-state index contributed by atoms with van der Waals surface area (Å²) in [6.45, 7) is 1.04. The van der Waals surface area contributed by atoms with E-state index < -0.39 is 0 Å². The standard InChI is InChI=1S/C21H24N6O3/c1-26-12-15(11-22-26)21-25-24-19-6-4-16(8-9-27(19)21)23-20(28)7-3-14-2-5-17-18(10-14)30-13-29-17/h2,5,10-12,16H,3-4,6-9,13H2,1H3,(H,23,28). The minimum absolute atomic E-state index is 0.0721. The third kappa shape index (κ3) is 3.74. The van der Waals surface area contributed by atoms with Crippen molar-refractivity contribution in [2.45, 2.75) is 44.7 Å². The average Bonchev–Trinajstić information content (AvgIpc) is 3.45. The molecule has 0 radical (unpaired) electrons. The molecule has 0 saturated carbocycles. The molecule has 2 aliphatic rings. The van der Waals surface area contributed by atoms with Crippen molar-refractivity contribution < 1.29 is 14.3 Å². The third-order valence-electron chi connectivity index (χ3n) is 5.65. The number of hydrogen-bond donors (Lipinski definition) is 1. The molecule has 0 aliphatic carbocycles. The lowest BCUT2D eigenvalue weighted by Crippen LogP contribution is -2.35. The van der Waals surface area contributed by atoms with Crippen LogP contribution in [0.5, 0.6) is 11.5 Å². The number of nitrogens with one attached hydrogen (secondary N) is 1. The quantitative estimate of drug-likeness (QED) is 0.692. The van der Waals surface area contributed by atoms with Crippen LogP contribution < -0.4 is 14.8 Å². The first kappa shape index (κ1) is 18.7. The van der Waals surface area contributed by atoms with Gasteiger partial charge in [-0.25, -0.2) is 0 Å². The number of rotatable bonds is 5. The van der Waals surface area contributed by atoms with Crippen LogP contribution in [0, 0.1) is 0 Å². The average molecular weight is 408 g/mol. The van der Waals surface area contributed by atoms with Gasteiger partial charge in [0.1, 0.15) is 5.82 Å². The van der Waals surface area contributed by atoms with E-state index in [1.54, 1.807) is 10.9 Å². The van der Waals surface area contributed by atoms with Crippen LogP contribution in [0.1, 0.15) is 30.7 Å². The van der Waals surface area contributed by atoms with Crippen molar-refractivity contribution in [3.05, 3.63) is 42.0 Å². The fourth-order valence-electron chi connectivity index (χ4n) is 4.04. The lowest BCUT2D eigenvalue weighted by molar-refractivity contribution is -0.121. The Labute approximate surface area is 174 Å². The van der Waals surface area contributed by atoms with Crippen LogP contribution in [0.25, 0.3) is 11.4 Å². The number of nitrogens with zero attached hydrogens (tertiary/aromatic N) is 5. The van der Waals surface area contributed by atoms with Crippen LogP contribution in [-0.2, 0) is 31.2 Å². The van der Waals surface area contributed by atoms with E-state index >= 15 is 0 Å². The summed E-state index contributed by atoms with van der Waals surface area (Å²) in [7, 11) is 1.89. The molecule has 30 heavy (non-hydrogen) atoms. The van der Waals surface area contributed by atoms with Crippen molar-refractivity contribution in [1.29, 1.82) is 0 Å². The number of aryl methyl sites for hydroxylation is 3. The normalized spacial score (nSPS) is 17.4. The Balaban J connectivity index is 1.16. The van der Waals surface area contributed by atoms with Crippen molar-refractivity contribution in [2.24, 2.45) is 7.05 Å². The van der Waals surface area contributed by atoms with Crippen molar-refractivity contribution in [3.63, 3.8) is 0 Å². The van der Waals surface area contributed by atoms with Gasteiger partial charge < -0.3 is 19.4 Å². The molecule has 1 atom stereocenters. The van der Waals surface area contributed by atoms with Crippen molar-refractivity contribution in [3.8, 4) is 22.9 Å². The van der Waals surface area contributed by atoms with Gasteiger partial charge in [-0.3, -0.25) is 9.48 Å². The maximum atomic E-state index is 12.5. The lowest BCUT2D eigenvalue weighted by Gasteiger charge is -2.16. The number of ether oxygens (including phenoxy) is 2. The molecule has 9 heteroatoms. The van der Waals surface area contributed by atoms with Gasteiger partial charge >= 0.3 is 0 Å². The first-order valence-electron chi connectivity index (χ1n) is 10.2. The second-order valence-electron chi connectivity index (χ2n) is 7.77. The highest BCUT2D eigenvalue weighted by atomic mass is 16.7. The summed E-state index contributed by atoms with van der Waals surface area (Å²) in [5.74, 6) is 3.39. The van der Waals surface area contributed by atoms with E-state index in [9.17, 15) is 4.79 Å². The molecule has 0 saturated heterocycles. The maximum absolute atomic E-state index is 12.5. The van der Waals surface area contributed by atoms with Gasteiger partial charge in [0.05, 0.1) is 11.8 Å². The van der Waals surface area contributed by atoms with Gasteiger partial charge in [-0.05, 0) is 37.0 Å². The molecule has 9 nitrogen and oxygen atoms in total. The number of aromatic nitrogens is 5. The predicted molar refractivity (Wildman–Crippen MR) is 108 cm³/mol. The zero-order valence-corrected chi connectivity index (χ0v) is 16.9. The van der Waals surface area contributed by atoms with Crippen LogP contribution in [0.4, 0.5) is 0 Å². The Bertz CT molecular complexity index is 1070. The molecule has 5 rings (SSSR count). The van der Waals surface area contributed by atoms with Crippen molar-refractivity contribution in [2.75, 3.05) is 6.79 Å². The monoisotopic (exact) mass is 408 g/mol. The van der Waals surface area contributed by atoms with E-state index in [1.807, 2.05) is 31.4 Å². The van der Waals surface area contributed by atoms with Crippen molar-refractivity contribution >= 4 is 5.91 Å². The highest BCUT2D eigenvalue weighted by molar-refractivity contribution is 5.76. The minimum atomic E-state index is 0.0721. The summed E-state index contributed by atoms with van der Waals surface area (Å²) >= 11 is 0. The van der Waals surface area contributed by atoms with E-state index in [0.29, 0.717) is 12.8 Å². The highest BCUT2D eigenvalue weighted by Gasteiger charge is 2.22. The summed E-state index contributed by atoms with van der Waals surface area (Å²) in [4.78, 5) is 12.5. The first-order chi connectivity index (χ1) is 14.7. The fourth-order valence-corrected chi connectivity index (χ4v) is 4.04. The summed E-state index contributed by atoms with van der Waals surface area (Å²) in [5.41, 5.74) is 2.03. The van der Waals surface area contributed by atoms with Gasteiger partial charge in [-0.1, -0.05) is 6.07 Å². The highest BCUT2D eigenvalue weighted by Crippen LogP contribution is 2.32. The molecule has 1 N–H and O–H groups in total. The lowest BCUT2D eigenvalue weighted by atomic mass is 10.1. The summed E-state index contributed by atoms with van der Waals surface area (Å²) < 4.78 is 14.6. The van der Waals surface area contributed by atoms with Gasteiger partial charge in [0.25, 0.3) is 0 Å². The van der Waals surface area contributed by atoms with E-state index in [4.69, 9.17) is 9.47 Å². The van der Waals surface area contributed by atoms with E-state index in [1.165, 1.54) is 0 Å². The Morgan fingerprint density at radius 2 is 2.13 bits per heavy atom. The second-order valence-corrected chi connectivity index (χ2v) is 7.77. The van der Waals surface area contributed by atoms with Gasteiger partial charge in [0, 0.05) is 38.7 Å². The number of fused-ring (bicyclic) bond motifs is 2. The Kier molecular flexibility index (Phi) is 4.86. The molecule has 4 heterocycles. The van der Waals surface area contributed by atoms with Crippen molar-refractivity contribution in [1.82, 2.24) is 29.9 Å². The third-order valence-corrected chi connectivity index (χ3v) is 5.65. The molecule has 156 valence electrons. The van der Waals surface area contributed by atoms with E-state index in [0.717, 1.165) is 60.1 Å². The Morgan fingerprint density at radius 1 is 1.23 bits per heavy atom. The molecule has 2 aliphatic heterocycles. The van der Waals surface area contributed by atoms with Gasteiger partial charge in [0.15, 0.2) is 17.3 Å². The van der Waals surface area contributed by atoms with Gasteiger partial charge in [-0.15, -0.1) is 10.2 Å². The largest absolute Gasteiger partial charge is 0.454 e. The fraction of sp³-hybridized carbons (Fsp3) is 0.429. The smallest absolute Gasteiger partial charge is 0.231 e. The molecule has 3 aromatic rings. The first-order valence-corrected chi connectivity index (χ1v) is 10.2. The number of carbonyl (C=O) groups is 1. The molecule has 0 bridgehead atoms. The molecule has 1 amide bonds. The number of carbonyl (C=O) groups excluding carboxylic acids is 1. The molecule has 0 fully saturated rings. The number of hydrogen-bond acceptors (Lipinski definition) is 6. The SMILES string of the molecule is Cn1cc(-c2nnc3n2CCC(NC(=O)CCc2ccc4c(c2)OCO4)CC3)cn1. The summed E-state index contributed by atoms with van der Waals surface area (Å²) in [5, 5.41) is 16.1. The Hall–Kier alpha value is -3.36. The Morgan fingerprint density at radius 3 is 3.00 bits per heavy atom. The second kappa shape index (κ2) is 7.81. The minimum Gasteiger partial charge on any atom is -0.454 e. The zero-order valence-electron chi connectivity index (χ0n) is 16.9. The van der Waals surface area contributed by atoms with Crippen LogP contribution in [0.2, 0.25) is 0 Å². The maximum Gasteiger partial charge on any atom is 0.231 e. The molecular formula is C21H24N6O3.